The van der Waals surface area contributed by atoms with Crippen molar-refractivity contribution in [3.63, 3.8) is 0 Å². The number of rotatable bonds is 4. The van der Waals surface area contributed by atoms with Gasteiger partial charge in [0, 0.05) is 64.6 Å². The van der Waals surface area contributed by atoms with Crippen molar-refractivity contribution in [3.05, 3.63) is 29.3 Å². The van der Waals surface area contributed by atoms with Gasteiger partial charge in [-0.15, -0.1) is 0 Å². The van der Waals surface area contributed by atoms with Crippen molar-refractivity contribution in [1.29, 1.82) is 0 Å². The van der Waals surface area contributed by atoms with Gasteiger partial charge in [-0.3, -0.25) is 4.90 Å². The second kappa shape index (κ2) is 9.68. The molecule has 2 unspecified atom stereocenters. The molecular formula is C23H30F6N4O2. The predicted octanol–water partition coefficient (Wildman–Crippen LogP) is 3.74. The maximum Gasteiger partial charge on any atom is 0.434 e. The monoisotopic (exact) mass is 508 g/mol. The van der Waals surface area contributed by atoms with Gasteiger partial charge in [-0.1, -0.05) is 12.1 Å². The summed E-state index contributed by atoms with van der Waals surface area (Å²) in [6.45, 7) is 8.16. The minimum Gasteiger partial charge on any atom is -0.426 e. The van der Waals surface area contributed by atoms with Gasteiger partial charge in [0.25, 0.3) is 6.10 Å². The minimum absolute atomic E-state index is 0.0149. The van der Waals surface area contributed by atoms with Crippen molar-refractivity contribution in [2.45, 2.75) is 31.9 Å². The maximum atomic E-state index is 12.7. The van der Waals surface area contributed by atoms with Crippen LogP contribution in [0.5, 0.6) is 0 Å². The molecule has 3 saturated heterocycles. The largest absolute Gasteiger partial charge is 0.434 e. The molecule has 1 amide bonds. The first kappa shape index (κ1) is 25.9. The van der Waals surface area contributed by atoms with E-state index in [4.69, 9.17) is 0 Å². The highest BCUT2D eigenvalue weighted by atomic mass is 19.4. The molecule has 4 rings (SSSR count). The molecule has 196 valence electrons. The number of amides is 1. The molecule has 0 aliphatic carbocycles. The lowest BCUT2D eigenvalue weighted by atomic mass is 10.0. The van der Waals surface area contributed by atoms with Gasteiger partial charge in [0.15, 0.2) is 0 Å². The number of hydrogen-bond acceptors (Lipinski definition) is 5. The van der Waals surface area contributed by atoms with Gasteiger partial charge in [-0.2, -0.15) is 26.3 Å². The number of anilines is 1. The van der Waals surface area contributed by atoms with Gasteiger partial charge in [0.05, 0.1) is 0 Å². The Morgan fingerprint density at radius 1 is 0.971 bits per heavy atom. The summed E-state index contributed by atoms with van der Waals surface area (Å²) in [5.74, 6) is -0.0298. The van der Waals surface area contributed by atoms with E-state index in [1.54, 1.807) is 0 Å². The molecule has 2 atom stereocenters. The lowest BCUT2D eigenvalue weighted by Gasteiger charge is -2.35. The highest BCUT2D eigenvalue weighted by Crippen LogP contribution is 2.38. The minimum atomic E-state index is -5.71. The van der Waals surface area contributed by atoms with Crippen molar-refractivity contribution in [2.75, 3.05) is 64.3 Å². The fraction of sp³-hybridized carbons (Fsp3) is 0.696. The van der Waals surface area contributed by atoms with Gasteiger partial charge < -0.3 is 19.4 Å². The van der Waals surface area contributed by atoms with Crippen LogP contribution in [0, 0.1) is 18.8 Å². The van der Waals surface area contributed by atoms with E-state index in [0.717, 1.165) is 31.1 Å². The number of carbonyl (C=O) groups is 1. The summed E-state index contributed by atoms with van der Waals surface area (Å²) < 4.78 is 80.2. The van der Waals surface area contributed by atoms with Gasteiger partial charge in [-0.05, 0) is 43.0 Å². The van der Waals surface area contributed by atoms with Gasteiger partial charge in [0.1, 0.15) is 0 Å². The summed E-state index contributed by atoms with van der Waals surface area (Å²) in [6, 6.07) is 6.25. The average Bonchev–Trinajstić information content (AvgIpc) is 3.31. The maximum absolute atomic E-state index is 12.7. The van der Waals surface area contributed by atoms with E-state index in [2.05, 4.69) is 45.5 Å². The summed E-state index contributed by atoms with van der Waals surface area (Å²) in [5, 5.41) is 0. The zero-order valence-corrected chi connectivity index (χ0v) is 19.7. The first-order valence-electron chi connectivity index (χ1n) is 11.7. The molecule has 12 heteroatoms. The Morgan fingerprint density at radius 2 is 1.54 bits per heavy atom. The molecule has 1 aromatic rings. The Hall–Kier alpha value is -2.21. The predicted molar refractivity (Wildman–Crippen MR) is 117 cm³/mol. The second-order valence-corrected chi connectivity index (χ2v) is 9.82. The molecule has 6 nitrogen and oxygen atoms in total. The zero-order chi connectivity index (χ0) is 25.5. The topological polar surface area (TPSA) is 39.3 Å². The summed E-state index contributed by atoms with van der Waals surface area (Å²) in [6.07, 6.45) is -17.1. The van der Waals surface area contributed by atoms with Crippen molar-refractivity contribution in [2.24, 2.45) is 11.8 Å². The van der Waals surface area contributed by atoms with Gasteiger partial charge in [-0.25, -0.2) is 4.79 Å². The summed E-state index contributed by atoms with van der Waals surface area (Å²) in [7, 11) is 2.11. The van der Waals surface area contributed by atoms with Gasteiger partial charge >= 0.3 is 18.4 Å². The number of halogens is 6. The van der Waals surface area contributed by atoms with Crippen LogP contribution in [0.4, 0.5) is 36.8 Å². The van der Waals surface area contributed by atoms with E-state index in [9.17, 15) is 31.1 Å². The highest BCUT2D eigenvalue weighted by Gasteiger charge is 2.60. The lowest BCUT2D eigenvalue weighted by Crippen LogP contribution is -2.48. The van der Waals surface area contributed by atoms with E-state index < -0.39 is 24.5 Å². The SMILES string of the molecule is Cc1c(CN2CC3CN(C(=O)OC(C(F)(F)F)C(F)(F)F)CC3C2)cccc1N1CCN(C)CC1. The zero-order valence-electron chi connectivity index (χ0n) is 19.7. The first-order chi connectivity index (χ1) is 16.3. The van der Waals surface area contributed by atoms with Crippen molar-refractivity contribution < 1.29 is 35.9 Å². The number of alkyl halides is 6. The Bertz CT molecular complexity index is 888. The summed E-state index contributed by atoms with van der Waals surface area (Å²) in [5.41, 5.74) is 3.62. The number of fused-ring (bicyclic) bond motifs is 1. The number of benzene rings is 1. The molecular weight excluding hydrogens is 478 g/mol. The molecule has 3 aliphatic rings. The molecule has 1 aromatic carbocycles. The van der Waals surface area contributed by atoms with Crippen LogP contribution in [0.2, 0.25) is 0 Å². The Kier molecular flexibility index (Phi) is 7.16. The van der Waals surface area contributed by atoms with E-state index in [1.807, 2.05) is 6.07 Å². The molecule has 0 bridgehead atoms. The Morgan fingerprint density at radius 3 is 2.09 bits per heavy atom. The number of likely N-dealkylation sites (N-methyl/N-ethyl adjacent to an activating group) is 1. The van der Waals surface area contributed by atoms with Crippen molar-refractivity contribution in [1.82, 2.24) is 14.7 Å². The molecule has 3 fully saturated rings. The third-order valence-corrected chi connectivity index (χ3v) is 7.29. The second-order valence-electron chi connectivity index (χ2n) is 9.82. The molecule has 0 spiro atoms. The van der Waals surface area contributed by atoms with E-state index in [-0.39, 0.29) is 24.9 Å². The van der Waals surface area contributed by atoms with Crippen LogP contribution >= 0.6 is 0 Å². The van der Waals surface area contributed by atoms with E-state index >= 15 is 0 Å². The van der Waals surface area contributed by atoms with Crippen LogP contribution in [0.3, 0.4) is 0 Å². The molecule has 3 heterocycles. The number of likely N-dealkylation sites (tertiary alicyclic amines) is 2. The quantitative estimate of drug-likeness (QED) is 0.580. The smallest absolute Gasteiger partial charge is 0.426 e. The summed E-state index contributed by atoms with van der Waals surface area (Å²) >= 11 is 0. The number of piperazine rings is 1. The van der Waals surface area contributed by atoms with E-state index in [1.165, 1.54) is 16.8 Å². The fourth-order valence-corrected chi connectivity index (χ4v) is 5.34. The van der Waals surface area contributed by atoms with Crippen LogP contribution in [0.25, 0.3) is 0 Å². The van der Waals surface area contributed by atoms with Crippen molar-refractivity contribution in [3.8, 4) is 0 Å². The third kappa shape index (κ3) is 5.79. The number of ether oxygens (including phenoxy) is 1. The molecule has 0 N–H and O–H groups in total. The van der Waals surface area contributed by atoms with E-state index in [0.29, 0.717) is 19.6 Å². The molecule has 35 heavy (non-hydrogen) atoms. The van der Waals surface area contributed by atoms with Crippen LogP contribution < -0.4 is 4.90 Å². The van der Waals surface area contributed by atoms with Crippen LogP contribution in [-0.4, -0.2) is 98.7 Å². The molecule has 0 aromatic heterocycles. The lowest BCUT2D eigenvalue weighted by molar-refractivity contribution is -0.308. The fourth-order valence-electron chi connectivity index (χ4n) is 5.34. The average molecular weight is 509 g/mol. The Balaban J connectivity index is 1.33. The first-order valence-corrected chi connectivity index (χ1v) is 11.7. The third-order valence-electron chi connectivity index (χ3n) is 7.29. The van der Waals surface area contributed by atoms with Crippen LogP contribution in [0.15, 0.2) is 18.2 Å². The highest BCUT2D eigenvalue weighted by molar-refractivity contribution is 5.68. The van der Waals surface area contributed by atoms with Crippen molar-refractivity contribution >= 4 is 11.8 Å². The Labute approximate surface area is 200 Å². The summed E-state index contributed by atoms with van der Waals surface area (Å²) in [4.78, 5) is 20.0. The number of hydrogen-bond donors (Lipinski definition) is 0. The standard InChI is InChI=1S/C23H30F6N4O2/c1-15-16(4-3-5-19(15)32-8-6-30(2)7-9-32)10-31-11-17-13-33(14-18(17)12-31)21(34)35-20(22(24,25)26)23(27,28)29/h3-5,17-18,20H,6-14H2,1-2H3. The normalized spacial score (nSPS) is 24.4. The molecule has 3 aliphatic heterocycles. The molecule has 0 radical (unpaired) electrons. The molecule has 0 saturated carbocycles. The number of carbonyl (C=O) groups excluding carboxylic acids is 1. The van der Waals surface area contributed by atoms with Gasteiger partial charge in [0.2, 0.25) is 0 Å². The number of nitrogens with zero attached hydrogens (tertiary/aromatic N) is 4. The van der Waals surface area contributed by atoms with Crippen LogP contribution in [-0.2, 0) is 11.3 Å². The van der Waals surface area contributed by atoms with Crippen LogP contribution in [0.1, 0.15) is 11.1 Å².